The van der Waals surface area contributed by atoms with Crippen LogP contribution in [0, 0.1) is 0 Å². The highest BCUT2D eigenvalue weighted by Gasteiger charge is 2.43. The van der Waals surface area contributed by atoms with Crippen molar-refractivity contribution >= 4 is 34.2 Å². The number of carbonyl (C=O) groups is 2. The maximum absolute atomic E-state index is 13.5. The summed E-state index contributed by atoms with van der Waals surface area (Å²) in [7, 11) is 0. The first-order chi connectivity index (χ1) is 26.9. The first kappa shape index (κ1) is 43.9. The maximum atomic E-state index is 13.5. The number of fused-ring (bicyclic) bond motifs is 3. The molecular formula is C45H63N3O6S2. The molecule has 3 aliphatic rings. The quantitative estimate of drug-likeness (QED) is 0.109. The van der Waals surface area contributed by atoms with Gasteiger partial charge in [-0.3, -0.25) is 9.59 Å². The van der Waals surface area contributed by atoms with E-state index in [1.54, 1.807) is 13.8 Å². The van der Waals surface area contributed by atoms with Crippen LogP contribution >= 0.6 is 0 Å². The van der Waals surface area contributed by atoms with Gasteiger partial charge in [0.25, 0.3) is 0 Å². The summed E-state index contributed by atoms with van der Waals surface area (Å²) in [5.41, 5.74) is 9.96. The Morgan fingerprint density at radius 3 is 2.30 bits per heavy atom. The van der Waals surface area contributed by atoms with Gasteiger partial charge in [-0.15, -0.1) is 0 Å². The van der Waals surface area contributed by atoms with Crippen molar-refractivity contribution < 1.29 is 28.2 Å². The highest BCUT2D eigenvalue weighted by Crippen LogP contribution is 2.46. The van der Waals surface area contributed by atoms with E-state index in [0.717, 1.165) is 61.3 Å². The van der Waals surface area contributed by atoms with Crippen molar-refractivity contribution in [3.63, 3.8) is 0 Å². The molecule has 3 aromatic rings. The van der Waals surface area contributed by atoms with E-state index in [-0.39, 0.29) is 22.3 Å². The van der Waals surface area contributed by atoms with Crippen LogP contribution in [0.2, 0.25) is 0 Å². The minimum atomic E-state index is -1.31. The lowest BCUT2D eigenvalue weighted by Gasteiger charge is -2.41. The van der Waals surface area contributed by atoms with Gasteiger partial charge in [0.1, 0.15) is 22.5 Å². The van der Waals surface area contributed by atoms with Crippen molar-refractivity contribution in [2.75, 3.05) is 31.4 Å². The predicted molar refractivity (Wildman–Crippen MR) is 228 cm³/mol. The first-order valence-electron chi connectivity index (χ1n) is 20.5. The summed E-state index contributed by atoms with van der Waals surface area (Å²) in [6.45, 7) is 9.09. The second-order valence-electron chi connectivity index (χ2n) is 16.3. The molecule has 0 saturated carbocycles. The topological polar surface area (TPSA) is 140 Å². The van der Waals surface area contributed by atoms with Gasteiger partial charge in [0.15, 0.2) is 17.5 Å². The lowest BCUT2D eigenvalue weighted by atomic mass is 9.74. The Morgan fingerprint density at radius 2 is 1.57 bits per heavy atom. The van der Waals surface area contributed by atoms with Gasteiger partial charge in [0.05, 0.1) is 5.54 Å². The fraction of sp³-hybridized carbons (Fsp3) is 0.556. The van der Waals surface area contributed by atoms with Crippen LogP contribution in [0.4, 0.5) is 0 Å². The monoisotopic (exact) mass is 805 g/mol. The molecule has 2 heterocycles. The van der Waals surface area contributed by atoms with Crippen LogP contribution in [-0.2, 0) is 56.0 Å². The van der Waals surface area contributed by atoms with Gasteiger partial charge in [-0.05, 0) is 105 Å². The van der Waals surface area contributed by atoms with E-state index in [1.165, 1.54) is 48.8 Å². The van der Waals surface area contributed by atoms with Crippen LogP contribution in [-0.4, -0.2) is 74.0 Å². The third-order valence-electron chi connectivity index (χ3n) is 11.3. The van der Waals surface area contributed by atoms with Gasteiger partial charge in [-0.1, -0.05) is 104 Å². The van der Waals surface area contributed by atoms with Gasteiger partial charge in [0.2, 0.25) is 18.6 Å². The zero-order chi connectivity index (χ0) is 40.1. The molecule has 306 valence electrons. The molecule has 1 spiro atoms. The van der Waals surface area contributed by atoms with Gasteiger partial charge in [0, 0.05) is 25.1 Å². The van der Waals surface area contributed by atoms with Gasteiger partial charge < -0.3 is 34.5 Å². The van der Waals surface area contributed by atoms with Crippen molar-refractivity contribution in [1.29, 1.82) is 0 Å². The minimum Gasteiger partial charge on any atom is -0.616 e. The molecule has 3 aromatic carbocycles. The average Bonchev–Trinajstić information content (AvgIpc) is 3.80. The van der Waals surface area contributed by atoms with Crippen LogP contribution in [0.1, 0.15) is 108 Å². The zero-order valence-corrected chi connectivity index (χ0v) is 35.5. The zero-order valence-electron chi connectivity index (χ0n) is 33.9. The van der Waals surface area contributed by atoms with Crippen LogP contribution in [0.25, 0.3) is 0 Å². The lowest BCUT2D eigenvalue weighted by Crippen LogP contribution is -2.59. The smallest absolute Gasteiger partial charge is 0.250 e. The van der Waals surface area contributed by atoms with Gasteiger partial charge >= 0.3 is 0 Å². The highest BCUT2D eigenvalue weighted by atomic mass is 32.2. The molecule has 0 radical (unpaired) electrons. The molecule has 9 nitrogen and oxygen atoms in total. The Labute approximate surface area is 341 Å². The molecule has 56 heavy (non-hydrogen) atoms. The van der Waals surface area contributed by atoms with E-state index < -0.39 is 39.8 Å². The van der Waals surface area contributed by atoms with Crippen LogP contribution in [0.5, 0.6) is 11.5 Å². The van der Waals surface area contributed by atoms with Crippen molar-refractivity contribution in [2.45, 2.75) is 126 Å². The molecule has 1 saturated heterocycles. The summed E-state index contributed by atoms with van der Waals surface area (Å²) in [5, 5.41) is 2.99. The molecular weight excluding hydrogens is 743 g/mol. The molecule has 2 aliphatic heterocycles. The molecule has 3 N–H and O–H groups in total. The summed E-state index contributed by atoms with van der Waals surface area (Å²) in [4.78, 5) is 28.0. The number of unbranched alkanes of at least 4 members (excludes halogenated alkanes) is 5. The Balaban J connectivity index is 0.000000236. The summed E-state index contributed by atoms with van der Waals surface area (Å²) >= 11 is -2.05. The Hall–Kier alpha value is -3.22. The molecule has 6 rings (SSSR count). The standard InChI is InChI=1S/C27H35N3O3S.C18H28O3S/c1-26(2,28)25(32)29-23(19-34(33)18-20-8-4-3-5-9-20)24(31)30-16-14-27(15-17-30)13-12-21-10-6-7-11-22(21)27;1-3-4-5-6-7-8-11-22(19)15(2)12-16-9-10-17-18(13-16)21-14-20-17/h3-11,23H,12-19,28H2,1-2H3,(H,29,32);9-10,13,15H,3-8,11-12,14H2,1-2H3. The molecule has 2 amide bonds. The fourth-order valence-electron chi connectivity index (χ4n) is 7.90. The SMILES string of the molecule is CC(C)(N)C(=O)NC(C[S+]([O-])Cc1ccccc1)C(=O)N1CCC2(CCc3ccccc32)CC1.CCCCCCCC[S+]([O-])C(C)Cc1ccc2c(c1)OCO2. The van der Waals surface area contributed by atoms with Crippen LogP contribution in [0.3, 0.4) is 0 Å². The molecule has 0 bridgehead atoms. The van der Waals surface area contributed by atoms with E-state index in [0.29, 0.717) is 25.6 Å². The second kappa shape index (κ2) is 21.0. The third-order valence-corrected chi connectivity index (χ3v) is 14.4. The van der Waals surface area contributed by atoms with E-state index in [9.17, 15) is 18.7 Å². The van der Waals surface area contributed by atoms with E-state index in [1.807, 2.05) is 53.4 Å². The number of likely N-dealkylation sites (tertiary alicyclic amines) is 1. The fourth-order valence-corrected chi connectivity index (χ4v) is 10.5. The minimum absolute atomic E-state index is 0.0695. The molecule has 1 fully saturated rings. The number of aryl methyl sites for hydroxylation is 1. The molecule has 4 atom stereocenters. The lowest BCUT2D eigenvalue weighted by molar-refractivity contribution is -0.138. The number of rotatable bonds is 17. The van der Waals surface area contributed by atoms with Crippen molar-refractivity contribution in [2.24, 2.45) is 5.73 Å². The van der Waals surface area contributed by atoms with Crippen LogP contribution < -0.4 is 20.5 Å². The molecule has 1 aliphatic carbocycles. The summed E-state index contributed by atoms with van der Waals surface area (Å²) in [6.07, 6.45) is 12.4. The average molecular weight is 806 g/mol. The predicted octanol–water partition coefficient (Wildman–Crippen LogP) is 7.12. The second-order valence-corrected chi connectivity index (χ2v) is 19.8. The van der Waals surface area contributed by atoms with Gasteiger partial charge in [-0.2, -0.15) is 0 Å². The summed E-state index contributed by atoms with van der Waals surface area (Å²) < 4.78 is 36.0. The third kappa shape index (κ3) is 12.4. The number of carbonyl (C=O) groups excluding carboxylic acids is 2. The normalized spacial score (nSPS) is 17.7. The van der Waals surface area contributed by atoms with E-state index >= 15 is 0 Å². The Kier molecular flexibility index (Phi) is 16.4. The largest absolute Gasteiger partial charge is 0.616 e. The number of piperidine rings is 1. The van der Waals surface area contributed by atoms with Crippen LogP contribution in [0.15, 0.2) is 72.8 Å². The number of nitrogens with one attached hydrogen (secondary N) is 1. The number of nitrogens with two attached hydrogens (primary N) is 1. The Morgan fingerprint density at radius 1 is 0.893 bits per heavy atom. The maximum Gasteiger partial charge on any atom is 0.250 e. The van der Waals surface area contributed by atoms with E-state index in [4.69, 9.17) is 15.2 Å². The first-order valence-corrected chi connectivity index (χ1v) is 23.4. The van der Waals surface area contributed by atoms with Crippen molar-refractivity contribution in [1.82, 2.24) is 10.2 Å². The van der Waals surface area contributed by atoms with Gasteiger partial charge in [-0.25, -0.2) is 0 Å². The molecule has 11 heteroatoms. The number of ether oxygens (including phenoxy) is 2. The van der Waals surface area contributed by atoms with Crippen molar-refractivity contribution in [3.05, 3.63) is 95.1 Å². The number of benzene rings is 3. The highest BCUT2D eigenvalue weighted by molar-refractivity contribution is 7.92. The number of hydrogen-bond acceptors (Lipinski definition) is 7. The van der Waals surface area contributed by atoms with E-state index in [2.05, 4.69) is 43.4 Å². The van der Waals surface area contributed by atoms with Crippen molar-refractivity contribution in [3.8, 4) is 11.5 Å². The number of hydrogen-bond donors (Lipinski definition) is 2. The molecule has 0 aromatic heterocycles. The molecule has 4 unspecified atom stereocenters. The number of amides is 2. The number of nitrogens with zero attached hydrogens (tertiary/aromatic N) is 1. The Bertz CT molecular complexity index is 1690. The summed E-state index contributed by atoms with van der Waals surface area (Å²) in [6, 6.07) is 23.3. The summed E-state index contributed by atoms with van der Waals surface area (Å²) in [5.74, 6) is 2.28.